The van der Waals surface area contributed by atoms with Crippen LogP contribution in [0.1, 0.15) is 5.56 Å². The van der Waals surface area contributed by atoms with Gasteiger partial charge in [-0.2, -0.15) is 14.9 Å². The normalized spacial score (nSPS) is 11.3. The Bertz CT molecular complexity index is 982. The van der Waals surface area contributed by atoms with E-state index in [2.05, 4.69) is 60.5 Å². The minimum absolute atomic E-state index is 0.183. The van der Waals surface area contributed by atoms with Crippen molar-refractivity contribution in [1.29, 1.82) is 0 Å². The first kappa shape index (κ1) is 17.8. The lowest BCUT2D eigenvalue weighted by atomic mass is 10.2. The molecule has 0 saturated carbocycles. The zero-order valence-corrected chi connectivity index (χ0v) is 17.8. The van der Waals surface area contributed by atoms with Crippen molar-refractivity contribution in [2.75, 3.05) is 0 Å². The van der Waals surface area contributed by atoms with E-state index in [4.69, 9.17) is 23.8 Å². The molecule has 0 radical (unpaired) electrons. The summed E-state index contributed by atoms with van der Waals surface area (Å²) in [6.07, 6.45) is 1.56. The minimum atomic E-state index is 0.183. The Labute approximate surface area is 175 Å². The molecule has 0 atom stereocenters. The fraction of sp³-hybridized carbons (Fsp3) is 0. The molecule has 9 heteroatoms. The van der Waals surface area contributed by atoms with Crippen LogP contribution in [0, 0.1) is 11.9 Å². The molecule has 1 heterocycles. The highest BCUT2D eigenvalue weighted by Gasteiger charge is 2.09. The van der Waals surface area contributed by atoms with Crippen LogP contribution in [-0.2, 0) is 0 Å². The summed E-state index contributed by atoms with van der Waals surface area (Å²) in [6.45, 7) is 0. The van der Waals surface area contributed by atoms with Gasteiger partial charge in [-0.05, 0) is 93.8 Å². The molecule has 0 saturated heterocycles. The molecule has 1 aromatic heterocycles. The van der Waals surface area contributed by atoms with E-state index < -0.39 is 0 Å². The Morgan fingerprint density at radius 3 is 2.67 bits per heavy atom. The first-order valence-corrected chi connectivity index (χ1v) is 9.56. The maximum Gasteiger partial charge on any atom is 0.216 e. The first-order valence-electron chi connectivity index (χ1n) is 6.61. The summed E-state index contributed by atoms with van der Waals surface area (Å²) >= 11 is 15.4. The third kappa shape index (κ3) is 3.81. The smallest absolute Gasteiger partial charge is 0.216 e. The maximum atomic E-state index is 10.2. The van der Waals surface area contributed by atoms with Crippen LogP contribution >= 0.6 is 69.0 Å². The first-order chi connectivity index (χ1) is 11.5. The predicted octanol–water partition coefficient (Wildman–Crippen LogP) is 5.06. The number of rotatable bonds is 3. The third-order valence-electron chi connectivity index (χ3n) is 3.12. The van der Waals surface area contributed by atoms with E-state index in [0.29, 0.717) is 21.2 Å². The molecular weight excluding hydrogens is 574 g/mol. The Morgan fingerprint density at radius 2 is 1.96 bits per heavy atom. The van der Waals surface area contributed by atoms with Crippen molar-refractivity contribution >= 4 is 75.2 Å². The number of hydrogen-bond acceptors (Lipinski definition) is 4. The van der Waals surface area contributed by atoms with Gasteiger partial charge in [0.25, 0.3) is 0 Å². The van der Waals surface area contributed by atoms with Crippen LogP contribution in [0.5, 0.6) is 5.75 Å². The summed E-state index contributed by atoms with van der Waals surface area (Å²) in [7, 11) is 0. The second kappa shape index (κ2) is 7.50. The quantitative estimate of drug-likeness (QED) is 0.258. The van der Waals surface area contributed by atoms with Crippen molar-refractivity contribution in [2.24, 2.45) is 5.10 Å². The number of hydrogen-bond donors (Lipinski definition) is 2. The van der Waals surface area contributed by atoms with Crippen molar-refractivity contribution in [3.05, 3.63) is 58.9 Å². The largest absolute Gasteiger partial charge is 0.506 e. The summed E-state index contributed by atoms with van der Waals surface area (Å²) in [4.78, 5) is 0. The number of aromatic nitrogens is 3. The summed E-state index contributed by atoms with van der Waals surface area (Å²) in [5.41, 5.74) is 1.43. The number of phenolic OH excluding ortho intramolecular Hbond substituents is 1. The van der Waals surface area contributed by atoms with E-state index >= 15 is 0 Å². The average molecular weight is 583 g/mol. The zero-order chi connectivity index (χ0) is 17.3. The van der Waals surface area contributed by atoms with Crippen molar-refractivity contribution in [2.45, 2.75) is 0 Å². The Balaban J connectivity index is 2.04. The molecule has 0 unspecified atom stereocenters. The van der Waals surface area contributed by atoms with Gasteiger partial charge < -0.3 is 5.11 Å². The number of nitrogens with one attached hydrogen (secondary N) is 1. The molecule has 5 nitrogen and oxygen atoms in total. The maximum absolute atomic E-state index is 10.2. The second-order valence-electron chi connectivity index (χ2n) is 4.74. The van der Waals surface area contributed by atoms with Gasteiger partial charge in [0.15, 0.2) is 5.82 Å². The number of H-pyrrole nitrogens is 1. The summed E-state index contributed by atoms with van der Waals surface area (Å²) in [5.74, 6) is 0.746. The fourth-order valence-electron chi connectivity index (χ4n) is 1.99. The number of nitrogens with zero attached hydrogens (tertiary/aromatic N) is 3. The molecule has 2 N–H and O–H groups in total. The molecular formula is C15H9ClI2N4OS. The van der Waals surface area contributed by atoms with Crippen LogP contribution in [-0.4, -0.2) is 26.2 Å². The molecule has 0 aliphatic carbocycles. The van der Waals surface area contributed by atoms with Crippen LogP contribution in [0.25, 0.3) is 11.4 Å². The number of halogens is 3. The molecule has 0 aliphatic heterocycles. The Kier molecular flexibility index (Phi) is 5.57. The fourth-order valence-corrected chi connectivity index (χ4v) is 4.18. The van der Waals surface area contributed by atoms with Gasteiger partial charge in [-0.1, -0.05) is 11.6 Å². The zero-order valence-electron chi connectivity index (χ0n) is 11.9. The molecule has 0 aliphatic rings. The van der Waals surface area contributed by atoms with Crippen molar-refractivity contribution < 1.29 is 5.11 Å². The second-order valence-corrected chi connectivity index (χ2v) is 7.97. The van der Waals surface area contributed by atoms with E-state index in [1.54, 1.807) is 18.3 Å². The number of phenols is 1. The SMILES string of the molecule is Oc1c(I)cc(I)cc1C=Nn1c(-c2ccc(Cl)cc2)n[nH]c1=S. The van der Waals surface area contributed by atoms with Gasteiger partial charge in [-0.3, -0.25) is 0 Å². The lowest BCUT2D eigenvalue weighted by Crippen LogP contribution is -1.96. The highest BCUT2D eigenvalue weighted by molar-refractivity contribution is 14.1. The van der Waals surface area contributed by atoms with Crippen molar-refractivity contribution in [1.82, 2.24) is 14.9 Å². The third-order valence-corrected chi connectivity index (χ3v) is 5.08. The average Bonchev–Trinajstić information content (AvgIpc) is 2.91. The lowest BCUT2D eigenvalue weighted by molar-refractivity contribution is 0.470. The highest BCUT2D eigenvalue weighted by atomic mass is 127. The van der Waals surface area contributed by atoms with E-state index in [0.717, 1.165) is 12.7 Å². The van der Waals surface area contributed by atoms with E-state index in [1.807, 2.05) is 24.3 Å². The standard InChI is InChI=1S/C15H9ClI2N4OS/c16-10-3-1-8(2-4-10)14-20-21-15(24)22(14)19-7-9-5-11(17)6-12(18)13(9)23/h1-7,23H,(H,21,24). The number of benzene rings is 2. The lowest BCUT2D eigenvalue weighted by Gasteiger charge is -2.04. The van der Waals surface area contributed by atoms with Crippen molar-refractivity contribution in [3.63, 3.8) is 0 Å². The summed E-state index contributed by atoms with van der Waals surface area (Å²) < 4.78 is 3.63. The number of aromatic hydroxyl groups is 1. The molecule has 2 aromatic carbocycles. The molecule has 122 valence electrons. The molecule has 0 amide bonds. The molecule has 3 rings (SSSR count). The summed E-state index contributed by atoms with van der Waals surface area (Å²) in [6, 6.07) is 11.0. The van der Waals surface area contributed by atoms with Gasteiger partial charge in [-0.25, -0.2) is 5.10 Å². The molecule has 3 aromatic rings. The van der Waals surface area contributed by atoms with E-state index in [1.165, 1.54) is 4.68 Å². The molecule has 0 spiro atoms. The predicted molar refractivity (Wildman–Crippen MR) is 114 cm³/mol. The van der Waals surface area contributed by atoms with Gasteiger partial charge in [-0.15, -0.1) is 0 Å². The van der Waals surface area contributed by atoms with E-state index in [-0.39, 0.29) is 5.75 Å². The van der Waals surface area contributed by atoms with Crippen LogP contribution in [0.15, 0.2) is 41.5 Å². The number of aromatic amines is 1. The van der Waals surface area contributed by atoms with E-state index in [9.17, 15) is 5.11 Å². The Morgan fingerprint density at radius 1 is 1.25 bits per heavy atom. The monoisotopic (exact) mass is 582 g/mol. The van der Waals surface area contributed by atoms with Crippen LogP contribution in [0.3, 0.4) is 0 Å². The van der Waals surface area contributed by atoms with Gasteiger partial charge in [0, 0.05) is 19.7 Å². The van der Waals surface area contributed by atoms with Crippen LogP contribution in [0.4, 0.5) is 0 Å². The van der Waals surface area contributed by atoms with Gasteiger partial charge in [0.2, 0.25) is 4.77 Å². The van der Waals surface area contributed by atoms with Crippen molar-refractivity contribution in [3.8, 4) is 17.1 Å². The van der Waals surface area contributed by atoms with Crippen LogP contribution < -0.4 is 0 Å². The molecule has 0 bridgehead atoms. The minimum Gasteiger partial charge on any atom is -0.506 e. The van der Waals surface area contributed by atoms with Gasteiger partial charge in [0.05, 0.1) is 9.78 Å². The van der Waals surface area contributed by atoms with Gasteiger partial charge in [0.1, 0.15) is 5.75 Å². The highest BCUT2D eigenvalue weighted by Crippen LogP contribution is 2.26. The molecule has 24 heavy (non-hydrogen) atoms. The summed E-state index contributed by atoms with van der Waals surface area (Å²) in [5, 5.41) is 22.1. The topological polar surface area (TPSA) is 66.2 Å². The molecule has 0 fully saturated rings. The Hall–Kier alpha value is -0.980. The van der Waals surface area contributed by atoms with Gasteiger partial charge >= 0.3 is 0 Å². The van der Waals surface area contributed by atoms with Crippen LogP contribution in [0.2, 0.25) is 5.02 Å².